The summed E-state index contributed by atoms with van der Waals surface area (Å²) in [6.07, 6.45) is 5.35. The van der Waals surface area contributed by atoms with Gasteiger partial charge in [0.05, 0.1) is 13.7 Å². The van der Waals surface area contributed by atoms with Gasteiger partial charge in [-0.25, -0.2) is 9.59 Å². The number of allylic oxidation sites excluding steroid dienone is 2. The fourth-order valence-electron chi connectivity index (χ4n) is 3.49. The molecule has 244 valence electrons. The first-order valence-corrected chi connectivity index (χ1v) is 18.7. The Kier molecular flexibility index (Phi) is 25.4. The molecule has 0 aliphatic carbocycles. The Morgan fingerprint density at radius 1 is 0.848 bits per heavy atom. The number of rotatable bonds is 12. The third-order valence-electron chi connectivity index (χ3n) is 5.71. The van der Waals surface area contributed by atoms with Crippen molar-refractivity contribution in [1.82, 2.24) is 0 Å². The van der Waals surface area contributed by atoms with Gasteiger partial charge in [-0.1, -0.05) is 129 Å². The molecule has 0 saturated carbocycles. The Labute approximate surface area is 283 Å². The minimum Gasteiger partial charge on any atom is -0.0622 e. The molecule has 0 amide bonds. The summed E-state index contributed by atoms with van der Waals surface area (Å²) in [5.41, 5.74) is 0. The van der Waals surface area contributed by atoms with Gasteiger partial charge in [-0.15, -0.1) is 0 Å². The van der Waals surface area contributed by atoms with E-state index in [9.17, 15) is 19.7 Å². The van der Waals surface area contributed by atoms with Crippen molar-refractivity contribution < 1.29 is 50.4 Å². The molecule has 0 bridgehead atoms. The normalized spacial score (nSPS) is 10.8. The zero-order valence-electron chi connectivity index (χ0n) is 26.2. The quantitative estimate of drug-likeness (QED) is 0.0279. The van der Waals surface area contributed by atoms with Crippen LogP contribution >= 0.6 is 7.92 Å². The predicted molar refractivity (Wildman–Crippen MR) is 178 cm³/mol. The van der Waals surface area contributed by atoms with Gasteiger partial charge in [-0.3, -0.25) is 10.1 Å². The smallest absolute Gasteiger partial charge is 0 e. The summed E-state index contributed by atoms with van der Waals surface area (Å²) in [6, 6.07) is 31.7. The number of nitro groups is 1. The number of carbonyl (C=O) groups is 2. The standard InChI is InChI=1S/C18H15P.C14H23NO6Si.2CO.Fe/c1-4-10-16(11-5-1)19(17-12-6-2-7-13-17)18-14-8-3-9-15-18;1-20-13(16)9-7-5-6-8-12(15(18)19)14(17)21-10-11-22(2,3)4;2*1-2;/h1-15H;5-7,9,12H,8,10-11H2,1-4H3;;;/b;6-5-,9-7+;;;. The van der Waals surface area contributed by atoms with E-state index in [4.69, 9.17) is 14.0 Å². The van der Waals surface area contributed by atoms with Crippen LogP contribution in [0.4, 0.5) is 0 Å². The van der Waals surface area contributed by atoms with Gasteiger partial charge >= 0.3 is 40.6 Å². The topological polar surface area (TPSA) is 136 Å². The molecule has 1 unspecified atom stereocenters. The largest absolute Gasteiger partial charge is 0.0622 e. The second-order valence-electron chi connectivity index (χ2n) is 10.2. The van der Waals surface area contributed by atoms with Crippen molar-refractivity contribution in [3.8, 4) is 0 Å². The Balaban J connectivity index is 0. The van der Waals surface area contributed by atoms with Crippen LogP contribution in [-0.2, 0) is 45.4 Å². The van der Waals surface area contributed by atoms with Crippen molar-refractivity contribution in [2.45, 2.75) is 38.1 Å². The minimum atomic E-state index is -1.43. The van der Waals surface area contributed by atoms with Crippen LogP contribution in [0.1, 0.15) is 6.42 Å². The fourth-order valence-corrected chi connectivity index (χ4v) is 6.51. The van der Waals surface area contributed by atoms with E-state index in [0.29, 0.717) is 0 Å². The summed E-state index contributed by atoms with van der Waals surface area (Å²) in [6.45, 7) is 15.6. The molecule has 0 aromatic heterocycles. The maximum absolute atomic E-state index is 11.7. The number of nitrogens with zero attached hydrogens (tertiary/aromatic N) is 1. The van der Waals surface area contributed by atoms with Crippen molar-refractivity contribution in [3.05, 3.63) is 139 Å². The third kappa shape index (κ3) is 18.8. The van der Waals surface area contributed by atoms with E-state index in [1.807, 2.05) is 0 Å². The predicted octanol–water partition coefficient (Wildman–Crippen LogP) is 5.56. The van der Waals surface area contributed by atoms with Crippen molar-refractivity contribution in [2.75, 3.05) is 13.7 Å². The van der Waals surface area contributed by atoms with Crippen LogP contribution in [0.5, 0.6) is 0 Å². The molecular formula is C34H38FeNO8PSi. The number of carbonyl (C=O) groups excluding carboxylic acids is 2. The summed E-state index contributed by atoms with van der Waals surface area (Å²) >= 11 is 0. The van der Waals surface area contributed by atoms with Crippen LogP contribution in [-0.4, -0.2) is 44.7 Å². The first kappa shape index (κ1) is 44.3. The molecule has 3 aromatic carbocycles. The molecule has 0 fully saturated rings. The zero-order valence-corrected chi connectivity index (χ0v) is 29.2. The van der Waals surface area contributed by atoms with E-state index in [2.05, 4.69) is 129 Å². The van der Waals surface area contributed by atoms with E-state index in [1.54, 1.807) is 0 Å². The van der Waals surface area contributed by atoms with Gasteiger partial charge in [-0.05, 0) is 29.9 Å². The molecule has 0 saturated heterocycles. The van der Waals surface area contributed by atoms with Crippen LogP contribution < -0.4 is 15.9 Å². The van der Waals surface area contributed by atoms with Crippen molar-refractivity contribution in [3.63, 3.8) is 0 Å². The molecule has 12 heteroatoms. The average molecular weight is 704 g/mol. The SMILES string of the molecule is COC(=O)/C=C/C=C\CC(C(=O)OCC[Si](C)(C)C)[N+](=O)[O-].[C-]#[O+].[C-]#[O+].[Fe].c1ccc(P(c2ccccc2)c2ccccc2)cc1. The van der Waals surface area contributed by atoms with Crippen LogP contribution in [0.15, 0.2) is 115 Å². The number of methoxy groups -OCH3 is 1. The molecular weight excluding hydrogens is 665 g/mol. The minimum absolute atomic E-state index is 0. The van der Waals surface area contributed by atoms with E-state index < -0.39 is 38.9 Å². The zero-order chi connectivity index (χ0) is 34.1. The van der Waals surface area contributed by atoms with Gasteiger partial charge in [0.25, 0.3) is 0 Å². The van der Waals surface area contributed by atoms with E-state index in [0.717, 1.165) is 6.04 Å². The van der Waals surface area contributed by atoms with Gasteiger partial charge in [-0.2, -0.15) is 0 Å². The first-order valence-electron chi connectivity index (χ1n) is 13.7. The third-order valence-corrected chi connectivity index (χ3v) is 9.85. The second-order valence-corrected chi connectivity index (χ2v) is 18.0. The van der Waals surface area contributed by atoms with Gasteiger partial charge in [0, 0.05) is 42.6 Å². The molecule has 0 spiro atoms. The molecule has 3 aromatic rings. The maximum Gasteiger partial charge on any atom is 0 e. The maximum atomic E-state index is 11.7. The van der Waals surface area contributed by atoms with E-state index >= 15 is 0 Å². The van der Waals surface area contributed by atoms with Gasteiger partial charge in [0.2, 0.25) is 0 Å². The van der Waals surface area contributed by atoms with Gasteiger partial charge in [0.1, 0.15) is 0 Å². The number of hydrogen-bond acceptors (Lipinski definition) is 6. The Hall–Kier alpha value is -3.87. The summed E-state index contributed by atoms with van der Waals surface area (Å²) in [5.74, 6) is -1.36. The molecule has 1 atom stereocenters. The monoisotopic (exact) mass is 703 g/mol. The van der Waals surface area contributed by atoms with Crippen molar-refractivity contribution in [1.29, 1.82) is 0 Å². The molecule has 9 nitrogen and oxygen atoms in total. The summed E-state index contributed by atoms with van der Waals surface area (Å²) in [7, 11) is -0.551. The molecule has 3 rings (SSSR count). The molecule has 0 aliphatic rings. The Bertz CT molecular complexity index is 1280. The number of ether oxygens (including phenoxy) is 2. The number of benzene rings is 3. The van der Waals surface area contributed by atoms with Crippen LogP contribution in [0.3, 0.4) is 0 Å². The van der Waals surface area contributed by atoms with Gasteiger partial charge in [0.15, 0.2) is 0 Å². The Morgan fingerprint density at radius 3 is 1.61 bits per heavy atom. The molecule has 0 N–H and O–H groups in total. The number of esters is 2. The summed E-state index contributed by atoms with van der Waals surface area (Å²) < 4.78 is 24.4. The second kappa shape index (κ2) is 26.4. The van der Waals surface area contributed by atoms with E-state index in [-0.39, 0.29) is 30.1 Å². The fraction of sp³-hybridized carbons (Fsp3) is 0.235. The van der Waals surface area contributed by atoms with Crippen LogP contribution in [0, 0.1) is 23.4 Å². The van der Waals surface area contributed by atoms with Crippen LogP contribution in [0.25, 0.3) is 0 Å². The molecule has 46 heavy (non-hydrogen) atoms. The average Bonchev–Trinajstić information content (AvgIpc) is 3.05. The van der Waals surface area contributed by atoms with Crippen LogP contribution in [0.2, 0.25) is 25.7 Å². The molecule has 0 aliphatic heterocycles. The van der Waals surface area contributed by atoms with Gasteiger partial charge < -0.3 is 9.47 Å². The van der Waals surface area contributed by atoms with E-state index in [1.165, 1.54) is 47.3 Å². The molecule has 0 heterocycles. The number of hydrogen-bond donors (Lipinski definition) is 0. The first-order chi connectivity index (χ1) is 21.6. The summed E-state index contributed by atoms with van der Waals surface area (Å²) in [4.78, 5) is 32.8. The summed E-state index contributed by atoms with van der Waals surface area (Å²) in [5, 5.41) is 15.1. The van der Waals surface area contributed by atoms with Crippen molar-refractivity contribution in [2.24, 2.45) is 0 Å². The molecule has 0 radical (unpaired) electrons. The van der Waals surface area contributed by atoms with Crippen molar-refractivity contribution >= 4 is 43.8 Å². The Morgan fingerprint density at radius 2 is 1.26 bits per heavy atom.